The minimum Gasteiger partial charge on any atom is -0.377 e. The van der Waals surface area contributed by atoms with Crippen molar-refractivity contribution in [3.8, 4) is 0 Å². The summed E-state index contributed by atoms with van der Waals surface area (Å²) in [5, 5.41) is 8.04. The summed E-state index contributed by atoms with van der Waals surface area (Å²) < 4.78 is 15.4. The third-order valence-electron chi connectivity index (χ3n) is 3.07. The van der Waals surface area contributed by atoms with Gasteiger partial charge in [0.1, 0.15) is 5.82 Å². The third-order valence-corrected chi connectivity index (χ3v) is 3.51. The molecular formula is C14H17ClFN3. The Morgan fingerprint density at radius 3 is 2.74 bits per heavy atom. The van der Waals surface area contributed by atoms with Crippen molar-refractivity contribution < 1.29 is 4.39 Å². The molecule has 0 saturated heterocycles. The number of anilines is 1. The summed E-state index contributed by atoms with van der Waals surface area (Å²) in [6.45, 7) is 4.31. The van der Waals surface area contributed by atoms with Crippen LogP contribution < -0.4 is 5.32 Å². The summed E-state index contributed by atoms with van der Waals surface area (Å²) in [6.07, 6.45) is 0.783. The van der Waals surface area contributed by atoms with Crippen molar-refractivity contribution in [2.75, 3.05) is 5.32 Å². The lowest BCUT2D eigenvalue weighted by Crippen LogP contribution is -2.07. The van der Waals surface area contributed by atoms with Crippen molar-refractivity contribution in [2.24, 2.45) is 7.05 Å². The molecule has 0 amide bonds. The van der Waals surface area contributed by atoms with E-state index < -0.39 is 0 Å². The molecule has 0 fully saturated rings. The molecule has 0 aliphatic rings. The molecule has 0 bridgehead atoms. The summed E-state index contributed by atoms with van der Waals surface area (Å²) >= 11 is 6.24. The number of aromatic nitrogens is 2. The largest absolute Gasteiger partial charge is 0.377 e. The lowest BCUT2D eigenvalue weighted by molar-refractivity contribution is 0.627. The van der Waals surface area contributed by atoms with Crippen LogP contribution in [0.25, 0.3) is 0 Å². The van der Waals surface area contributed by atoms with E-state index in [1.54, 1.807) is 10.7 Å². The van der Waals surface area contributed by atoms with E-state index >= 15 is 0 Å². The first-order valence-electron chi connectivity index (χ1n) is 6.23. The molecule has 1 N–H and O–H groups in total. The molecule has 1 aromatic heterocycles. The number of rotatable bonds is 4. The van der Waals surface area contributed by atoms with Gasteiger partial charge in [0.05, 0.1) is 28.6 Å². The highest BCUT2D eigenvalue weighted by atomic mass is 35.5. The number of halogens is 2. The normalized spacial score (nSPS) is 10.8. The molecule has 0 aliphatic heterocycles. The van der Waals surface area contributed by atoms with Gasteiger partial charge in [-0.2, -0.15) is 5.10 Å². The van der Waals surface area contributed by atoms with Gasteiger partial charge in [-0.25, -0.2) is 4.39 Å². The van der Waals surface area contributed by atoms with Gasteiger partial charge in [-0.3, -0.25) is 4.68 Å². The Kier molecular flexibility index (Phi) is 4.10. The van der Waals surface area contributed by atoms with Gasteiger partial charge in [0.2, 0.25) is 0 Å². The highest BCUT2D eigenvalue weighted by molar-refractivity contribution is 6.31. The van der Waals surface area contributed by atoms with Gasteiger partial charge in [0, 0.05) is 7.05 Å². The first-order chi connectivity index (χ1) is 9.02. The summed E-state index contributed by atoms with van der Waals surface area (Å²) in [4.78, 5) is 0. The summed E-state index contributed by atoms with van der Waals surface area (Å²) in [7, 11) is 1.84. The minimum absolute atomic E-state index is 0.256. The van der Waals surface area contributed by atoms with E-state index in [1.165, 1.54) is 6.07 Å². The molecule has 1 aromatic carbocycles. The summed E-state index contributed by atoms with van der Waals surface area (Å²) in [5.74, 6) is -0.256. The number of aryl methyl sites for hydroxylation is 3. The van der Waals surface area contributed by atoms with Crippen LogP contribution in [-0.2, 0) is 20.0 Å². The molecule has 0 saturated carbocycles. The van der Waals surface area contributed by atoms with Gasteiger partial charge in [0.25, 0.3) is 0 Å². The molecule has 0 spiro atoms. The average Bonchev–Trinajstić information content (AvgIpc) is 2.64. The van der Waals surface area contributed by atoms with E-state index in [-0.39, 0.29) is 5.82 Å². The van der Waals surface area contributed by atoms with E-state index in [1.807, 2.05) is 27.0 Å². The molecule has 0 unspecified atom stereocenters. The first kappa shape index (κ1) is 13.9. The van der Waals surface area contributed by atoms with Crippen LogP contribution >= 0.6 is 11.6 Å². The van der Waals surface area contributed by atoms with Crippen LogP contribution in [0.2, 0.25) is 5.02 Å². The Hall–Kier alpha value is -1.55. The number of hydrogen-bond donors (Lipinski definition) is 1. The standard InChI is InChI=1S/C14H17ClFN3/c1-4-11-14(15)13(19(3)18-11)8-17-12-6-5-9(2)7-10(12)16/h5-7,17H,4,8H2,1-3H3. The Morgan fingerprint density at radius 1 is 1.42 bits per heavy atom. The predicted octanol–water partition coefficient (Wildman–Crippen LogP) is 3.70. The smallest absolute Gasteiger partial charge is 0.146 e. The summed E-state index contributed by atoms with van der Waals surface area (Å²) in [6, 6.07) is 5.11. The lowest BCUT2D eigenvalue weighted by Gasteiger charge is -2.09. The maximum atomic E-state index is 13.7. The van der Waals surface area contributed by atoms with Gasteiger partial charge < -0.3 is 5.32 Å². The van der Waals surface area contributed by atoms with Crippen molar-refractivity contribution in [2.45, 2.75) is 26.8 Å². The Labute approximate surface area is 117 Å². The molecule has 2 aromatic rings. The maximum absolute atomic E-state index is 13.7. The second-order valence-electron chi connectivity index (χ2n) is 4.52. The van der Waals surface area contributed by atoms with Crippen LogP contribution in [0.1, 0.15) is 23.9 Å². The van der Waals surface area contributed by atoms with Crippen molar-refractivity contribution in [3.05, 3.63) is 46.0 Å². The monoisotopic (exact) mass is 281 g/mol. The van der Waals surface area contributed by atoms with Gasteiger partial charge in [-0.1, -0.05) is 24.6 Å². The Bertz CT molecular complexity index is 593. The SMILES string of the molecule is CCc1nn(C)c(CNc2ccc(C)cc2F)c1Cl. The molecule has 102 valence electrons. The van der Waals surface area contributed by atoms with Crippen molar-refractivity contribution in [1.82, 2.24) is 9.78 Å². The number of benzene rings is 1. The predicted molar refractivity (Wildman–Crippen MR) is 76.1 cm³/mol. The van der Waals surface area contributed by atoms with Crippen LogP contribution in [0.5, 0.6) is 0 Å². The van der Waals surface area contributed by atoms with Gasteiger partial charge in [0.15, 0.2) is 0 Å². The zero-order valence-corrected chi connectivity index (χ0v) is 12.1. The molecule has 5 heteroatoms. The second-order valence-corrected chi connectivity index (χ2v) is 4.90. The zero-order chi connectivity index (χ0) is 14.0. The molecular weight excluding hydrogens is 265 g/mol. The highest BCUT2D eigenvalue weighted by Gasteiger charge is 2.13. The fraction of sp³-hybridized carbons (Fsp3) is 0.357. The second kappa shape index (κ2) is 5.61. The van der Waals surface area contributed by atoms with E-state index in [2.05, 4.69) is 10.4 Å². The number of nitrogens with one attached hydrogen (secondary N) is 1. The summed E-state index contributed by atoms with van der Waals surface area (Å²) in [5.41, 5.74) is 3.10. The number of hydrogen-bond acceptors (Lipinski definition) is 2. The van der Waals surface area contributed by atoms with Crippen LogP contribution in [-0.4, -0.2) is 9.78 Å². The molecule has 3 nitrogen and oxygen atoms in total. The fourth-order valence-electron chi connectivity index (χ4n) is 1.95. The van der Waals surface area contributed by atoms with E-state index in [9.17, 15) is 4.39 Å². The fourth-order valence-corrected chi connectivity index (χ4v) is 2.31. The Morgan fingerprint density at radius 2 is 2.16 bits per heavy atom. The maximum Gasteiger partial charge on any atom is 0.146 e. The highest BCUT2D eigenvalue weighted by Crippen LogP contribution is 2.23. The Balaban J connectivity index is 2.16. The van der Waals surface area contributed by atoms with Crippen LogP contribution in [0.15, 0.2) is 18.2 Å². The van der Waals surface area contributed by atoms with Crippen molar-refractivity contribution >= 4 is 17.3 Å². The molecule has 0 atom stereocenters. The quantitative estimate of drug-likeness (QED) is 0.926. The minimum atomic E-state index is -0.256. The zero-order valence-electron chi connectivity index (χ0n) is 11.3. The number of nitrogens with zero attached hydrogens (tertiary/aromatic N) is 2. The average molecular weight is 282 g/mol. The van der Waals surface area contributed by atoms with E-state index in [4.69, 9.17) is 11.6 Å². The van der Waals surface area contributed by atoms with Gasteiger partial charge in [-0.15, -0.1) is 0 Å². The van der Waals surface area contributed by atoms with Crippen LogP contribution in [0.4, 0.5) is 10.1 Å². The van der Waals surface area contributed by atoms with Crippen LogP contribution in [0.3, 0.4) is 0 Å². The van der Waals surface area contributed by atoms with Crippen molar-refractivity contribution in [3.63, 3.8) is 0 Å². The third kappa shape index (κ3) is 2.89. The van der Waals surface area contributed by atoms with Gasteiger partial charge in [-0.05, 0) is 31.0 Å². The molecule has 0 radical (unpaired) electrons. The topological polar surface area (TPSA) is 29.9 Å². The van der Waals surface area contributed by atoms with Crippen molar-refractivity contribution in [1.29, 1.82) is 0 Å². The first-order valence-corrected chi connectivity index (χ1v) is 6.61. The van der Waals surface area contributed by atoms with E-state index in [0.29, 0.717) is 17.3 Å². The van der Waals surface area contributed by atoms with Gasteiger partial charge >= 0.3 is 0 Å². The molecule has 2 rings (SSSR count). The molecule has 1 heterocycles. The molecule has 19 heavy (non-hydrogen) atoms. The van der Waals surface area contributed by atoms with E-state index in [0.717, 1.165) is 23.4 Å². The van der Waals surface area contributed by atoms with Crippen LogP contribution in [0, 0.1) is 12.7 Å². The lowest BCUT2D eigenvalue weighted by atomic mass is 10.2. The molecule has 0 aliphatic carbocycles.